The number of carbonyl (C=O) groups is 1. The maximum absolute atomic E-state index is 13.9. The van der Waals surface area contributed by atoms with E-state index in [1.807, 2.05) is 17.0 Å². The van der Waals surface area contributed by atoms with E-state index in [9.17, 15) is 9.59 Å². The van der Waals surface area contributed by atoms with Gasteiger partial charge in [0.2, 0.25) is 5.91 Å². The van der Waals surface area contributed by atoms with Crippen molar-refractivity contribution in [2.75, 3.05) is 12.3 Å². The third-order valence-corrected chi connectivity index (χ3v) is 9.12. The summed E-state index contributed by atoms with van der Waals surface area (Å²) in [6.07, 6.45) is 8.57. The molecule has 2 aromatic heterocycles. The van der Waals surface area contributed by atoms with Crippen LogP contribution in [-0.4, -0.2) is 38.7 Å². The number of likely N-dealkylation sites (tertiary alicyclic amines) is 1. The molecule has 3 aromatic rings. The van der Waals surface area contributed by atoms with Crippen molar-refractivity contribution in [3.05, 3.63) is 50.6 Å². The Labute approximate surface area is 203 Å². The second-order valence-electron chi connectivity index (χ2n) is 9.17. The van der Waals surface area contributed by atoms with Gasteiger partial charge in [-0.1, -0.05) is 30.8 Å². The van der Waals surface area contributed by atoms with E-state index < -0.39 is 0 Å². The average molecular weight is 482 g/mol. The second kappa shape index (κ2) is 9.63. The number of hydrogen-bond acceptors (Lipinski definition) is 5. The van der Waals surface area contributed by atoms with Crippen LogP contribution in [-0.2, 0) is 24.1 Å². The van der Waals surface area contributed by atoms with Gasteiger partial charge in [-0.3, -0.25) is 14.2 Å². The fraction of sp³-hybridized carbons (Fsp3) is 0.500. The van der Waals surface area contributed by atoms with Crippen LogP contribution in [0.2, 0.25) is 0 Å². The highest BCUT2D eigenvalue weighted by Crippen LogP contribution is 2.35. The Balaban J connectivity index is 1.55. The number of fused-ring (bicyclic) bond motifs is 3. The van der Waals surface area contributed by atoms with Crippen molar-refractivity contribution >= 4 is 39.2 Å². The van der Waals surface area contributed by atoms with Crippen LogP contribution in [0.5, 0.6) is 0 Å². The Bertz CT molecular complexity index is 1230. The van der Waals surface area contributed by atoms with E-state index >= 15 is 0 Å². The highest BCUT2D eigenvalue weighted by atomic mass is 32.2. The molecule has 1 aromatic carbocycles. The third kappa shape index (κ3) is 4.37. The van der Waals surface area contributed by atoms with Crippen molar-refractivity contribution in [1.29, 1.82) is 0 Å². The third-order valence-electron chi connectivity index (χ3n) is 7.01. The van der Waals surface area contributed by atoms with E-state index in [2.05, 4.69) is 26.0 Å². The molecule has 1 saturated heterocycles. The predicted octanol–water partition coefficient (Wildman–Crippen LogP) is 5.38. The Morgan fingerprint density at radius 3 is 2.70 bits per heavy atom. The van der Waals surface area contributed by atoms with Gasteiger partial charge in [-0.2, -0.15) is 0 Å². The van der Waals surface area contributed by atoms with Gasteiger partial charge in [-0.05, 0) is 81.5 Å². The molecule has 33 heavy (non-hydrogen) atoms. The first-order valence-corrected chi connectivity index (χ1v) is 14.0. The number of benzene rings is 1. The van der Waals surface area contributed by atoms with Crippen molar-refractivity contribution in [3.63, 3.8) is 0 Å². The number of amides is 1. The summed E-state index contributed by atoms with van der Waals surface area (Å²) in [5.74, 6) is 0.445. The van der Waals surface area contributed by atoms with Gasteiger partial charge in [0, 0.05) is 17.5 Å². The molecule has 3 heterocycles. The molecule has 7 heteroatoms. The van der Waals surface area contributed by atoms with Crippen LogP contribution in [0.25, 0.3) is 15.9 Å². The monoisotopic (exact) mass is 481 g/mol. The molecule has 0 unspecified atom stereocenters. The summed E-state index contributed by atoms with van der Waals surface area (Å²) in [4.78, 5) is 36.0. The SMILES string of the molecule is CCc1ccc(-n2c(SCC(=O)N3CCCC[C@H]3C)nc3sc4c(c3c2=O)CCCC4)cc1. The number of thioether (sulfide) groups is 1. The predicted molar refractivity (Wildman–Crippen MR) is 137 cm³/mol. The molecular formula is C26H31N3O2S2. The standard InChI is InChI=1S/C26H31N3O2S2/c1-3-18-11-13-19(14-12-18)29-25(31)23-20-9-4-5-10-21(20)33-24(23)27-26(29)32-16-22(30)28-15-7-6-8-17(28)2/h11-14,17H,3-10,15-16H2,1-2H3/t17-/m1/s1. The largest absolute Gasteiger partial charge is 0.339 e. The summed E-state index contributed by atoms with van der Waals surface area (Å²) < 4.78 is 1.74. The van der Waals surface area contributed by atoms with Crippen LogP contribution < -0.4 is 5.56 Å². The fourth-order valence-corrected chi connectivity index (χ4v) is 7.27. The van der Waals surface area contributed by atoms with Crippen molar-refractivity contribution in [2.24, 2.45) is 0 Å². The molecule has 2 aliphatic rings. The van der Waals surface area contributed by atoms with Crippen molar-refractivity contribution < 1.29 is 4.79 Å². The van der Waals surface area contributed by atoms with E-state index in [4.69, 9.17) is 4.98 Å². The molecule has 0 saturated carbocycles. The molecule has 0 radical (unpaired) electrons. The first-order chi connectivity index (χ1) is 16.1. The lowest BCUT2D eigenvalue weighted by atomic mass is 9.97. The number of carbonyl (C=O) groups excluding carboxylic acids is 1. The number of nitrogens with zero attached hydrogens (tertiary/aromatic N) is 3. The van der Waals surface area contributed by atoms with Gasteiger partial charge in [0.05, 0.1) is 16.8 Å². The van der Waals surface area contributed by atoms with E-state index in [-0.39, 0.29) is 17.5 Å². The Morgan fingerprint density at radius 2 is 1.94 bits per heavy atom. The van der Waals surface area contributed by atoms with E-state index in [0.29, 0.717) is 10.9 Å². The molecule has 0 spiro atoms. The zero-order valence-electron chi connectivity index (χ0n) is 19.4. The maximum atomic E-state index is 13.9. The minimum atomic E-state index is 0.00457. The topological polar surface area (TPSA) is 55.2 Å². The summed E-state index contributed by atoms with van der Waals surface area (Å²) in [7, 11) is 0. The fourth-order valence-electron chi connectivity index (χ4n) is 5.07. The number of aryl methyl sites for hydroxylation is 3. The second-order valence-corrected chi connectivity index (χ2v) is 11.2. The molecule has 174 valence electrons. The summed E-state index contributed by atoms with van der Waals surface area (Å²) in [6.45, 7) is 5.09. The van der Waals surface area contributed by atoms with Gasteiger partial charge in [-0.15, -0.1) is 11.3 Å². The van der Waals surface area contributed by atoms with Crippen LogP contribution >= 0.6 is 23.1 Å². The Kier molecular flexibility index (Phi) is 6.61. The molecule has 1 aliphatic carbocycles. The molecule has 1 atom stereocenters. The number of aromatic nitrogens is 2. The lowest BCUT2D eigenvalue weighted by molar-refractivity contribution is -0.131. The molecular weight excluding hydrogens is 450 g/mol. The van der Waals surface area contributed by atoms with Crippen LogP contribution in [0.15, 0.2) is 34.2 Å². The zero-order chi connectivity index (χ0) is 22.9. The lowest BCUT2D eigenvalue weighted by Gasteiger charge is -2.33. The van der Waals surface area contributed by atoms with Crippen LogP contribution in [0.3, 0.4) is 0 Å². The number of piperidine rings is 1. The summed E-state index contributed by atoms with van der Waals surface area (Å²) >= 11 is 3.07. The lowest BCUT2D eigenvalue weighted by Crippen LogP contribution is -2.43. The van der Waals surface area contributed by atoms with Gasteiger partial charge < -0.3 is 4.90 Å². The van der Waals surface area contributed by atoms with Gasteiger partial charge in [-0.25, -0.2) is 4.98 Å². The number of hydrogen-bond donors (Lipinski definition) is 0. The van der Waals surface area contributed by atoms with E-state index in [0.717, 1.165) is 61.0 Å². The van der Waals surface area contributed by atoms with Gasteiger partial charge in [0.15, 0.2) is 5.16 Å². The summed E-state index contributed by atoms with van der Waals surface area (Å²) in [6, 6.07) is 8.44. The Morgan fingerprint density at radius 1 is 1.15 bits per heavy atom. The molecule has 0 N–H and O–H groups in total. The van der Waals surface area contributed by atoms with Gasteiger partial charge in [0.1, 0.15) is 4.83 Å². The van der Waals surface area contributed by atoms with Crippen molar-refractivity contribution in [1.82, 2.24) is 14.5 Å². The van der Waals surface area contributed by atoms with E-state index in [1.165, 1.54) is 40.6 Å². The molecule has 1 aliphatic heterocycles. The first kappa shape index (κ1) is 22.7. The first-order valence-electron chi connectivity index (χ1n) is 12.2. The van der Waals surface area contributed by atoms with Crippen LogP contribution in [0.1, 0.15) is 62.0 Å². The normalized spacial score (nSPS) is 18.5. The summed E-state index contributed by atoms with van der Waals surface area (Å²) in [5.41, 5.74) is 3.26. The Hall–Kier alpha value is -2.12. The highest BCUT2D eigenvalue weighted by Gasteiger charge is 2.26. The molecule has 0 bridgehead atoms. The number of rotatable bonds is 5. The maximum Gasteiger partial charge on any atom is 0.267 e. The van der Waals surface area contributed by atoms with Gasteiger partial charge in [0.25, 0.3) is 5.56 Å². The number of thiophene rings is 1. The average Bonchev–Trinajstić information content (AvgIpc) is 3.22. The smallest absolute Gasteiger partial charge is 0.267 e. The minimum Gasteiger partial charge on any atom is -0.339 e. The van der Waals surface area contributed by atoms with E-state index in [1.54, 1.807) is 15.9 Å². The van der Waals surface area contributed by atoms with Crippen molar-refractivity contribution in [2.45, 2.75) is 76.4 Å². The van der Waals surface area contributed by atoms with Crippen LogP contribution in [0, 0.1) is 0 Å². The quantitative estimate of drug-likeness (QED) is 0.363. The molecule has 1 amide bonds. The molecule has 5 nitrogen and oxygen atoms in total. The highest BCUT2D eigenvalue weighted by molar-refractivity contribution is 7.99. The van der Waals surface area contributed by atoms with Crippen molar-refractivity contribution in [3.8, 4) is 5.69 Å². The van der Waals surface area contributed by atoms with Crippen LogP contribution in [0.4, 0.5) is 0 Å². The molecule has 5 rings (SSSR count). The van der Waals surface area contributed by atoms with Gasteiger partial charge >= 0.3 is 0 Å². The molecule has 1 fully saturated rings. The summed E-state index contributed by atoms with van der Waals surface area (Å²) in [5, 5.41) is 1.41. The minimum absolute atomic E-state index is 0.00457. The zero-order valence-corrected chi connectivity index (χ0v) is 21.1.